The van der Waals surface area contributed by atoms with Gasteiger partial charge in [0, 0.05) is 0 Å². The summed E-state index contributed by atoms with van der Waals surface area (Å²) in [7, 11) is -1.36. The van der Waals surface area contributed by atoms with Crippen molar-refractivity contribution in [3.05, 3.63) is 0 Å². The fourth-order valence-electron chi connectivity index (χ4n) is 1.29. The average molecular weight is 263 g/mol. The highest BCUT2D eigenvalue weighted by atomic mass is 32.2. The van der Waals surface area contributed by atoms with Gasteiger partial charge in [0.2, 0.25) is 0 Å². The lowest BCUT2D eigenvalue weighted by molar-refractivity contribution is -0.143. The molecule has 0 aromatic carbocycles. The summed E-state index contributed by atoms with van der Waals surface area (Å²) >= 11 is 0. The Labute approximate surface area is 107 Å². The van der Waals surface area contributed by atoms with Crippen LogP contribution in [0.25, 0.3) is 0 Å². The lowest BCUT2D eigenvalue weighted by atomic mass is 9.96. The Morgan fingerprint density at radius 3 is 2.12 bits per heavy atom. The molecule has 0 heterocycles. The number of aliphatic carboxylic acids is 1. The molecule has 0 amide bonds. The molecule has 17 heavy (non-hydrogen) atoms. The highest BCUT2D eigenvalue weighted by Crippen LogP contribution is 2.19. The second-order valence-electron chi connectivity index (χ2n) is 5.58. The Bertz CT molecular complexity index is 286. The first-order valence-corrected chi connectivity index (χ1v) is 7.21. The summed E-state index contributed by atoms with van der Waals surface area (Å²) in [6, 6.07) is 0. The second-order valence-corrected chi connectivity index (χ2v) is 7.54. The van der Waals surface area contributed by atoms with E-state index < -0.39 is 27.2 Å². The maximum atomic E-state index is 12.0. The van der Waals surface area contributed by atoms with Crippen LogP contribution in [0.3, 0.4) is 0 Å². The third-order valence-electron chi connectivity index (χ3n) is 2.63. The van der Waals surface area contributed by atoms with E-state index in [0.29, 0.717) is 6.42 Å². The Morgan fingerprint density at radius 1 is 1.24 bits per heavy atom. The van der Waals surface area contributed by atoms with E-state index in [9.17, 15) is 14.1 Å². The number of carboxylic acid groups (broad SMARTS) is 1. The van der Waals surface area contributed by atoms with Crippen LogP contribution in [0.1, 0.15) is 60.3 Å². The van der Waals surface area contributed by atoms with E-state index in [1.807, 2.05) is 20.8 Å². The normalized spacial score (nSPS) is 17.5. The van der Waals surface area contributed by atoms with Gasteiger partial charge >= 0.3 is 5.97 Å². The summed E-state index contributed by atoms with van der Waals surface area (Å²) in [5.74, 6) is -0.939. The highest BCUT2D eigenvalue weighted by molar-refractivity contribution is 7.84. The molecule has 0 saturated heterocycles. The zero-order valence-corrected chi connectivity index (χ0v) is 12.3. The molecule has 0 radical (unpaired) electrons. The van der Waals surface area contributed by atoms with E-state index in [1.165, 1.54) is 0 Å². The molecule has 0 rings (SSSR count). The largest absolute Gasteiger partial charge is 0.480 e. The molecule has 5 heteroatoms. The fourth-order valence-corrected chi connectivity index (χ4v) is 2.19. The number of rotatable bonds is 7. The van der Waals surface area contributed by atoms with E-state index in [0.717, 1.165) is 19.3 Å². The van der Waals surface area contributed by atoms with Crippen LogP contribution >= 0.6 is 0 Å². The molecule has 0 unspecified atom stereocenters. The molecule has 0 aliphatic carbocycles. The predicted molar refractivity (Wildman–Crippen MR) is 71.2 cm³/mol. The molecule has 0 spiro atoms. The zero-order valence-electron chi connectivity index (χ0n) is 11.5. The zero-order chi connectivity index (χ0) is 13.7. The number of unbranched alkanes of at least 4 members (excludes halogenated alkanes) is 2. The molecule has 0 saturated carbocycles. The van der Waals surface area contributed by atoms with Crippen molar-refractivity contribution in [2.24, 2.45) is 0 Å². The maximum absolute atomic E-state index is 12.0. The molecule has 0 aromatic rings. The van der Waals surface area contributed by atoms with Crippen molar-refractivity contribution < 1.29 is 14.1 Å². The van der Waals surface area contributed by atoms with E-state index in [2.05, 4.69) is 11.6 Å². The molecular formula is C12H25NO3S. The third-order valence-corrected chi connectivity index (χ3v) is 4.37. The Morgan fingerprint density at radius 2 is 1.76 bits per heavy atom. The first kappa shape index (κ1) is 16.6. The van der Waals surface area contributed by atoms with Gasteiger partial charge in [-0.3, -0.25) is 4.79 Å². The van der Waals surface area contributed by atoms with Gasteiger partial charge in [-0.1, -0.05) is 26.2 Å². The molecule has 2 N–H and O–H groups in total. The number of hydrogen-bond acceptors (Lipinski definition) is 2. The van der Waals surface area contributed by atoms with Crippen molar-refractivity contribution in [2.45, 2.75) is 70.6 Å². The summed E-state index contributed by atoms with van der Waals surface area (Å²) in [5, 5.41) is 9.25. The van der Waals surface area contributed by atoms with Crippen molar-refractivity contribution in [1.82, 2.24) is 4.72 Å². The molecular weight excluding hydrogens is 238 g/mol. The number of hydrogen-bond donors (Lipinski definition) is 2. The van der Waals surface area contributed by atoms with Gasteiger partial charge in [0.1, 0.15) is 5.54 Å². The van der Waals surface area contributed by atoms with Crippen molar-refractivity contribution in [2.75, 3.05) is 0 Å². The second kappa shape index (κ2) is 6.50. The van der Waals surface area contributed by atoms with E-state index >= 15 is 0 Å². The van der Waals surface area contributed by atoms with Gasteiger partial charge in [0.15, 0.2) is 0 Å². The summed E-state index contributed by atoms with van der Waals surface area (Å²) in [6.45, 7) is 9.15. The van der Waals surface area contributed by atoms with Gasteiger partial charge in [-0.25, -0.2) is 8.93 Å². The number of carboxylic acids is 1. The summed E-state index contributed by atoms with van der Waals surface area (Å²) in [6.07, 6.45) is 3.36. The topological polar surface area (TPSA) is 66.4 Å². The first-order chi connectivity index (χ1) is 7.63. The third kappa shape index (κ3) is 5.64. The molecule has 2 atom stereocenters. The van der Waals surface area contributed by atoms with Gasteiger partial charge in [0.25, 0.3) is 0 Å². The maximum Gasteiger partial charge on any atom is 0.324 e. The first-order valence-electron chi connectivity index (χ1n) is 6.06. The summed E-state index contributed by atoms with van der Waals surface area (Å²) in [5.41, 5.74) is -1.10. The quantitative estimate of drug-likeness (QED) is 0.693. The van der Waals surface area contributed by atoms with Crippen LogP contribution in [-0.4, -0.2) is 25.6 Å². The monoisotopic (exact) mass is 263 g/mol. The van der Waals surface area contributed by atoms with Crippen LogP contribution in [0.2, 0.25) is 0 Å². The van der Waals surface area contributed by atoms with Crippen LogP contribution < -0.4 is 4.72 Å². The van der Waals surface area contributed by atoms with Crippen molar-refractivity contribution in [3.8, 4) is 0 Å². The van der Waals surface area contributed by atoms with Crippen LogP contribution in [0.15, 0.2) is 0 Å². The minimum Gasteiger partial charge on any atom is -0.480 e. The highest BCUT2D eigenvalue weighted by Gasteiger charge is 2.36. The minimum absolute atomic E-state index is 0.457. The van der Waals surface area contributed by atoms with Crippen LogP contribution in [0.5, 0.6) is 0 Å². The van der Waals surface area contributed by atoms with Crippen LogP contribution in [-0.2, 0) is 15.8 Å². The SMILES string of the molecule is CCCCC[C@@](C)(N[S@](=O)C(C)(C)C)C(=O)O. The van der Waals surface area contributed by atoms with E-state index in [4.69, 9.17) is 0 Å². The number of carbonyl (C=O) groups is 1. The molecule has 0 aliphatic heterocycles. The van der Waals surface area contributed by atoms with Crippen LogP contribution in [0, 0.1) is 0 Å². The van der Waals surface area contributed by atoms with Crippen molar-refractivity contribution in [1.29, 1.82) is 0 Å². The molecule has 0 fully saturated rings. The van der Waals surface area contributed by atoms with Gasteiger partial charge < -0.3 is 5.11 Å². The van der Waals surface area contributed by atoms with Gasteiger partial charge in [-0.2, -0.15) is 0 Å². The van der Waals surface area contributed by atoms with Crippen molar-refractivity contribution in [3.63, 3.8) is 0 Å². The fraction of sp³-hybridized carbons (Fsp3) is 0.917. The standard InChI is InChI=1S/C12H25NO3S/c1-6-7-8-9-12(5,10(14)15)13-17(16)11(2,3)4/h13H,6-9H2,1-5H3,(H,14,15)/t12-,17-/m1/s1. The number of nitrogens with one attached hydrogen (secondary N) is 1. The molecule has 0 aromatic heterocycles. The van der Waals surface area contributed by atoms with Gasteiger partial charge in [-0.05, 0) is 34.1 Å². The average Bonchev–Trinajstić information content (AvgIpc) is 2.16. The predicted octanol–water partition coefficient (Wildman–Crippen LogP) is 2.46. The lowest BCUT2D eigenvalue weighted by Crippen LogP contribution is -2.53. The van der Waals surface area contributed by atoms with E-state index in [1.54, 1.807) is 6.92 Å². The van der Waals surface area contributed by atoms with Gasteiger partial charge in [0.05, 0.1) is 15.7 Å². The molecule has 0 bridgehead atoms. The minimum atomic E-state index is -1.36. The Balaban J connectivity index is 4.62. The molecule has 0 aliphatic rings. The van der Waals surface area contributed by atoms with Crippen LogP contribution in [0.4, 0.5) is 0 Å². The van der Waals surface area contributed by atoms with E-state index in [-0.39, 0.29) is 0 Å². The lowest BCUT2D eigenvalue weighted by Gasteiger charge is -2.29. The summed E-state index contributed by atoms with van der Waals surface area (Å²) < 4.78 is 14.3. The smallest absolute Gasteiger partial charge is 0.324 e. The Hall–Kier alpha value is -0.420. The van der Waals surface area contributed by atoms with Crippen molar-refractivity contribution >= 4 is 17.0 Å². The Kier molecular flexibility index (Phi) is 6.34. The summed E-state index contributed by atoms with van der Waals surface area (Å²) in [4.78, 5) is 11.3. The molecule has 102 valence electrons. The molecule has 4 nitrogen and oxygen atoms in total. The van der Waals surface area contributed by atoms with Gasteiger partial charge in [-0.15, -0.1) is 0 Å².